The molecule has 1 heterocycles. The highest BCUT2D eigenvalue weighted by Crippen LogP contribution is 2.38. The van der Waals surface area contributed by atoms with Crippen molar-refractivity contribution in [3.05, 3.63) is 0 Å². The van der Waals surface area contributed by atoms with Crippen LogP contribution < -0.4 is 5.32 Å². The summed E-state index contributed by atoms with van der Waals surface area (Å²) < 4.78 is 0. The maximum absolute atomic E-state index is 3.98. The SMILES string of the molecule is CCC1(CC)CN(CCCC(C)C)C2(CCCCC2)CN1. The van der Waals surface area contributed by atoms with Gasteiger partial charge in [0.1, 0.15) is 0 Å². The fraction of sp³-hybridized carbons (Fsp3) is 1.00. The van der Waals surface area contributed by atoms with Crippen molar-refractivity contribution in [3.63, 3.8) is 0 Å². The molecule has 2 fully saturated rings. The largest absolute Gasteiger partial charge is 0.308 e. The molecule has 0 amide bonds. The Bertz CT molecular complexity index is 301. The molecule has 1 N–H and O–H groups in total. The summed E-state index contributed by atoms with van der Waals surface area (Å²) in [6.07, 6.45) is 12.5. The Balaban J connectivity index is 2.05. The highest BCUT2D eigenvalue weighted by Gasteiger charge is 2.45. The molecular formula is C19H38N2. The van der Waals surface area contributed by atoms with Gasteiger partial charge >= 0.3 is 0 Å². The van der Waals surface area contributed by atoms with Gasteiger partial charge in [-0.05, 0) is 51.0 Å². The maximum atomic E-state index is 3.98. The van der Waals surface area contributed by atoms with Crippen molar-refractivity contribution in [2.24, 2.45) is 5.92 Å². The number of piperazine rings is 1. The molecule has 0 bridgehead atoms. The first-order valence-corrected chi connectivity index (χ1v) is 9.56. The van der Waals surface area contributed by atoms with E-state index in [0.29, 0.717) is 11.1 Å². The van der Waals surface area contributed by atoms with Crippen LogP contribution in [-0.2, 0) is 0 Å². The molecule has 1 aliphatic carbocycles. The van der Waals surface area contributed by atoms with Gasteiger partial charge in [-0.1, -0.05) is 47.0 Å². The minimum atomic E-state index is 0.376. The van der Waals surface area contributed by atoms with Gasteiger partial charge in [0.05, 0.1) is 0 Å². The smallest absolute Gasteiger partial charge is 0.0334 e. The zero-order chi connectivity index (χ0) is 15.3. The van der Waals surface area contributed by atoms with E-state index in [2.05, 4.69) is 37.9 Å². The van der Waals surface area contributed by atoms with E-state index in [4.69, 9.17) is 0 Å². The van der Waals surface area contributed by atoms with Crippen LogP contribution in [0.15, 0.2) is 0 Å². The Hall–Kier alpha value is -0.0800. The monoisotopic (exact) mass is 294 g/mol. The Morgan fingerprint density at radius 3 is 2.29 bits per heavy atom. The van der Waals surface area contributed by atoms with E-state index in [-0.39, 0.29) is 0 Å². The summed E-state index contributed by atoms with van der Waals surface area (Å²) >= 11 is 0. The van der Waals surface area contributed by atoms with E-state index >= 15 is 0 Å². The van der Waals surface area contributed by atoms with Crippen LogP contribution >= 0.6 is 0 Å². The third kappa shape index (κ3) is 4.01. The van der Waals surface area contributed by atoms with E-state index in [1.807, 2.05) is 0 Å². The summed E-state index contributed by atoms with van der Waals surface area (Å²) in [5, 5.41) is 3.98. The summed E-state index contributed by atoms with van der Waals surface area (Å²) in [6, 6.07) is 0. The molecule has 0 unspecified atom stereocenters. The molecule has 2 nitrogen and oxygen atoms in total. The molecule has 124 valence electrons. The zero-order valence-electron chi connectivity index (χ0n) is 15.0. The van der Waals surface area contributed by atoms with Gasteiger partial charge < -0.3 is 5.32 Å². The molecule has 0 radical (unpaired) electrons. The third-order valence-corrected chi connectivity index (χ3v) is 6.30. The number of hydrogen-bond donors (Lipinski definition) is 1. The number of nitrogens with one attached hydrogen (secondary N) is 1. The van der Waals surface area contributed by atoms with Crippen molar-refractivity contribution in [2.45, 2.75) is 96.6 Å². The highest BCUT2D eigenvalue weighted by atomic mass is 15.3. The molecule has 2 aliphatic rings. The third-order valence-electron chi connectivity index (χ3n) is 6.30. The molecule has 2 rings (SSSR count). The van der Waals surface area contributed by atoms with Gasteiger partial charge in [0.25, 0.3) is 0 Å². The van der Waals surface area contributed by atoms with Crippen LogP contribution in [0.3, 0.4) is 0 Å². The van der Waals surface area contributed by atoms with Crippen LogP contribution in [0.5, 0.6) is 0 Å². The predicted octanol–water partition coefficient (Wildman–Crippen LogP) is 4.59. The van der Waals surface area contributed by atoms with E-state index in [1.54, 1.807) is 0 Å². The average Bonchev–Trinajstić information content (AvgIpc) is 2.50. The molecule has 0 aromatic rings. The molecule has 1 aliphatic heterocycles. The van der Waals surface area contributed by atoms with Crippen LogP contribution in [0.4, 0.5) is 0 Å². The van der Waals surface area contributed by atoms with Gasteiger partial charge in [-0.3, -0.25) is 4.90 Å². The number of rotatable bonds is 6. The van der Waals surface area contributed by atoms with Crippen LogP contribution in [0.1, 0.15) is 85.5 Å². The summed E-state index contributed by atoms with van der Waals surface area (Å²) in [6.45, 7) is 13.3. The number of hydrogen-bond acceptors (Lipinski definition) is 2. The molecule has 0 aromatic heterocycles. The Morgan fingerprint density at radius 2 is 1.71 bits per heavy atom. The molecule has 0 atom stereocenters. The Labute approximate surface area is 133 Å². The fourth-order valence-corrected chi connectivity index (χ4v) is 4.49. The normalized spacial score (nSPS) is 25.6. The first kappa shape index (κ1) is 17.3. The van der Waals surface area contributed by atoms with Crippen LogP contribution in [0.2, 0.25) is 0 Å². The zero-order valence-corrected chi connectivity index (χ0v) is 15.0. The van der Waals surface area contributed by atoms with Crippen LogP contribution in [0.25, 0.3) is 0 Å². The van der Waals surface area contributed by atoms with Gasteiger partial charge in [-0.25, -0.2) is 0 Å². The van der Waals surface area contributed by atoms with Gasteiger partial charge in [-0.15, -0.1) is 0 Å². The van der Waals surface area contributed by atoms with Gasteiger partial charge in [-0.2, -0.15) is 0 Å². The van der Waals surface area contributed by atoms with Crippen molar-refractivity contribution in [2.75, 3.05) is 19.6 Å². The predicted molar refractivity (Wildman–Crippen MR) is 92.8 cm³/mol. The molecule has 21 heavy (non-hydrogen) atoms. The molecule has 1 saturated carbocycles. The number of nitrogens with zero attached hydrogens (tertiary/aromatic N) is 1. The standard InChI is InChI=1S/C19H38N2/c1-5-18(6-2)16-21(14-10-11-17(3)4)19(15-20-18)12-8-7-9-13-19/h17,20H,5-16H2,1-4H3. The van der Waals surface area contributed by atoms with Crippen molar-refractivity contribution in [1.29, 1.82) is 0 Å². The summed E-state index contributed by atoms with van der Waals surface area (Å²) in [4.78, 5) is 2.91. The first-order valence-electron chi connectivity index (χ1n) is 9.56. The lowest BCUT2D eigenvalue weighted by molar-refractivity contribution is -0.0230. The molecule has 1 spiro atoms. The second-order valence-corrected chi connectivity index (χ2v) is 8.08. The molecular weight excluding hydrogens is 256 g/mol. The summed E-state index contributed by atoms with van der Waals surface area (Å²) in [5.41, 5.74) is 0.865. The molecule has 2 heteroatoms. The summed E-state index contributed by atoms with van der Waals surface area (Å²) in [5.74, 6) is 0.845. The lowest BCUT2D eigenvalue weighted by atomic mass is 9.75. The van der Waals surface area contributed by atoms with Gasteiger partial charge in [0.2, 0.25) is 0 Å². The van der Waals surface area contributed by atoms with Crippen molar-refractivity contribution in [3.8, 4) is 0 Å². The van der Waals surface area contributed by atoms with Crippen LogP contribution in [0, 0.1) is 5.92 Å². The van der Waals surface area contributed by atoms with E-state index in [0.717, 1.165) is 5.92 Å². The highest BCUT2D eigenvalue weighted by molar-refractivity contribution is 5.05. The van der Waals surface area contributed by atoms with Crippen LogP contribution in [-0.4, -0.2) is 35.6 Å². The van der Waals surface area contributed by atoms with E-state index in [1.165, 1.54) is 77.4 Å². The Morgan fingerprint density at radius 1 is 1.05 bits per heavy atom. The van der Waals surface area contributed by atoms with Gasteiger partial charge in [0.15, 0.2) is 0 Å². The summed E-state index contributed by atoms with van der Waals surface area (Å²) in [7, 11) is 0. The maximum Gasteiger partial charge on any atom is 0.0334 e. The minimum Gasteiger partial charge on any atom is -0.308 e. The quantitative estimate of drug-likeness (QED) is 0.771. The molecule has 0 aromatic carbocycles. The Kier molecular flexibility index (Phi) is 6.14. The first-order chi connectivity index (χ1) is 10.1. The van der Waals surface area contributed by atoms with Crippen molar-refractivity contribution >= 4 is 0 Å². The topological polar surface area (TPSA) is 15.3 Å². The fourth-order valence-electron chi connectivity index (χ4n) is 4.49. The van der Waals surface area contributed by atoms with E-state index < -0.39 is 0 Å². The average molecular weight is 295 g/mol. The lowest BCUT2D eigenvalue weighted by Gasteiger charge is -2.56. The molecule has 1 saturated heterocycles. The van der Waals surface area contributed by atoms with E-state index in [9.17, 15) is 0 Å². The van der Waals surface area contributed by atoms with Gasteiger partial charge in [0, 0.05) is 24.2 Å². The lowest BCUT2D eigenvalue weighted by Crippen LogP contribution is -2.70. The van der Waals surface area contributed by atoms with Crippen molar-refractivity contribution in [1.82, 2.24) is 10.2 Å². The van der Waals surface area contributed by atoms with Crippen molar-refractivity contribution < 1.29 is 0 Å². The second-order valence-electron chi connectivity index (χ2n) is 8.08. The minimum absolute atomic E-state index is 0.376. The second kappa shape index (κ2) is 7.46.